The molecule has 21 heavy (non-hydrogen) atoms. The smallest absolute Gasteiger partial charge is 0.143 e. The molecule has 0 bridgehead atoms. The number of nitrogens with two attached hydrogens (primary N) is 1. The van der Waals surface area contributed by atoms with Gasteiger partial charge in [0, 0.05) is 30.8 Å². The van der Waals surface area contributed by atoms with Crippen molar-refractivity contribution < 1.29 is 4.79 Å². The van der Waals surface area contributed by atoms with Crippen LogP contribution in [0.2, 0.25) is 0 Å². The zero-order valence-electron chi connectivity index (χ0n) is 12.2. The van der Waals surface area contributed by atoms with E-state index in [-0.39, 0.29) is 5.78 Å². The fraction of sp³-hybridized carbons (Fsp3) is 0.294. The first-order valence-corrected chi connectivity index (χ1v) is 7.19. The second-order valence-corrected chi connectivity index (χ2v) is 5.56. The summed E-state index contributed by atoms with van der Waals surface area (Å²) in [5.74, 6) is 0.195. The quantitative estimate of drug-likeness (QED) is 0.937. The third-order valence-electron chi connectivity index (χ3n) is 3.77. The van der Waals surface area contributed by atoms with Gasteiger partial charge in [-0.2, -0.15) is 0 Å². The maximum atomic E-state index is 11.2. The number of ketones is 1. The Hall–Kier alpha value is -2.20. The second kappa shape index (κ2) is 5.66. The Bertz CT molecular complexity index is 667. The molecule has 1 aliphatic rings. The van der Waals surface area contributed by atoms with Crippen LogP contribution in [0.4, 0.5) is 5.69 Å². The molecule has 3 rings (SSSR count). The van der Waals surface area contributed by atoms with Crippen LogP contribution < -0.4 is 5.73 Å². The maximum absolute atomic E-state index is 11.2. The van der Waals surface area contributed by atoms with Crippen LogP contribution in [-0.4, -0.2) is 28.8 Å². The van der Waals surface area contributed by atoms with Crippen molar-refractivity contribution in [3.63, 3.8) is 0 Å². The number of hydrogen-bond acceptors (Lipinski definition) is 4. The van der Waals surface area contributed by atoms with Gasteiger partial charge in [0.1, 0.15) is 5.78 Å². The summed E-state index contributed by atoms with van der Waals surface area (Å²) in [6.07, 6.45) is 0.864. The molecule has 2 N–H and O–H groups in total. The minimum atomic E-state index is 0.195. The number of carbonyl (C=O) groups excluding carboxylic acids is 1. The van der Waals surface area contributed by atoms with Gasteiger partial charge < -0.3 is 5.73 Å². The summed E-state index contributed by atoms with van der Waals surface area (Å²) in [7, 11) is 0. The highest BCUT2D eigenvalue weighted by Gasteiger charge is 2.20. The standard InChI is InChI=1S/C17H19N3O/c1-12(21)10-20-8-7-16-14(11-20)9-15(18)17(19-16)13-5-3-2-4-6-13/h2-6,9H,7-8,10-11,18H2,1H3. The average molecular weight is 281 g/mol. The van der Waals surface area contributed by atoms with Gasteiger partial charge >= 0.3 is 0 Å². The minimum Gasteiger partial charge on any atom is -0.397 e. The number of benzene rings is 1. The van der Waals surface area contributed by atoms with Gasteiger partial charge in [0.15, 0.2) is 0 Å². The monoisotopic (exact) mass is 281 g/mol. The molecular weight excluding hydrogens is 262 g/mol. The van der Waals surface area contributed by atoms with Crippen LogP contribution in [0.25, 0.3) is 11.3 Å². The lowest BCUT2D eigenvalue weighted by Crippen LogP contribution is -2.34. The van der Waals surface area contributed by atoms with Crippen molar-refractivity contribution in [3.05, 3.63) is 47.7 Å². The third-order valence-corrected chi connectivity index (χ3v) is 3.77. The van der Waals surface area contributed by atoms with E-state index in [9.17, 15) is 4.79 Å². The zero-order chi connectivity index (χ0) is 14.8. The largest absolute Gasteiger partial charge is 0.397 e. The number of Topliss-reactive ketones (excluding diaryl/α,β-unsaturated/α-hetero) is 1. The van der Waals surface area contributed by atoms with E-state index >= 15 is 0 Å². The molecule has 0 saturated heterocycles. The molecule has 0 amide bonds. The number of hydrogen-bond donors (Lipinski definition) is 1. The number of carbonyl (C=O) groups is 1. The summed E-state index contributed by atoms with van der Waals surface area (Å²) in [6, 6.07) is 12.0. The first kappa shape index (κ1) is 13.8. The van der Waals surface area contributed by atoms with E-state index in [1.54, 1.807) is 6.92 Å². The fourth-order valence-corrected chi connectivity index (χ4v) is 2.83. The first-order valence-electron chi connectivity index (χ1n) is 7.19. The van der Waals surface area contributed by atoms with Crippen molar-refractivity contribution in [1.82, 2.24) is 9.88 Å². The Balaban J connectivity index is 1.91. The van der Waals surface area contributed by atoms with Crippen molar-refractivity contribution in [2.24, 2.45) is 0 Å². The van der Waals surface area contributed by atoms with Gasteiger partial charge in [0.05, 0.1) is 17.9 Å². The SMILES string of the molecule is CC(=O)CN1CCc2nc(-c3ccccc3)c(N)cc2C1. The minimum absolute atomic E-state index is 0.195. The van der Waals surface area contributed by atoms with Gasteiger partial charge in [-0.25, -0.2) is 0 Å². The molecular formula is C17H19N3O. The van der Waals surface area contributed by atoms with E-state index in [0.717, 1.165) is 42.0 Å². The molecule has 1 aliphatic heterocycles. The van der Waals surface area contributed by atoms with Crippen LogP contribution in [0, 0.1) is 0 Å². The summed E-state index contributed by atoms with van der Waals surface area (Å²) in [5.41, 5.74) is 11.0. The summed E-state index contributed by atoms with van der Waals surface area (Å²) < 4.78 is 0. The van der Waals surface area contributed by atoms with E-state index in [0.29, 0.717) is 12.2 Å². The highest BCUT2D eigenvalue weighted by Crippen LogP contribution is 2.28. The fourth-order valence-electron chi connectivity index (χ4n) is 2.83. The second-order valence-electron chi connectivity index (χ2n) is 5.56. The van der Waals surface area contributed by atoms with Crippen LogP contribution in [0.15, 0.2) is 36.4 Å². The van der Waals surface area contributed by atoms with Crippen molar-refractivity contribution in [2.75, 3.05) is 18.8 Å². The average Bonchev–Trinajstić information content (AvgIpc) is 2.46. The zero-order valence-corrected chi connectivity index (χ0v) is 12.2. The van der Waals surface area contributed by atoms with E-state index in [1.807, 2.05) is 36.4 Å². The molecule has 2 aromatic rings. The predicted octanol–water partition coefficient (Wildman–Crippen LogP) is 2.28. The first-order chi connectivity index (χ1) is 10.1. The lowest BCUT2D eigenvalue weighted by molar-refractivity contribution is -0.118. The number of pyridine rings is 1. The summed E-state index contributed by atoms with van der Waals surface area (Å²) in [6.45, 7) is 3.75. The number of nitrogens with zero attached hydrogens (tertiary/aromatic N) is 2. The molecule has 0 saturated carbocycles. The van der Waals surface area contributed by atoms with E-state index in [4.69, 9.17) is 10.7 Å². The van der Waals surface area contributed by atoms with Crippen LogP contribution in [0.3, 0.4) is 0 Å². The van der Waals surface area contributed by atoms with Crippen LogP contribution >= 0.6 is 0 Å². The van der Waals surface area contributed by atoms with Gasteiger partial charge in [-0.3, -0.25) is 14.7 Å². The van der Waals surface area contributed by atoms with Crippen LogP contribution in [0.1, 0.15) is 18.2 Å². The van der Waals surface area contributed by atoms with Crippen molar-refractivity contribution in [3.8, 4) is 11.3 Å². The molecule has 0 atom stereocenters. The van der Waals surface area contributed by atoms with E-state index < -0.39 is 0 Å². The van der Waals surface area contributed by atoms with Crippen molar-refractivity contribution in [1.29, 1.82) is 0 Å². The third kappa shape index (κ3) is 2.95. The lowest BCUT2D eigenvalue weighted by atomic mass is 10.0. The topological polar surface area (TPSA) is 59.2 Å². The van der Waals surface area contributed by atoms with Crippen molar-refractivity contribution in [2.45, 2.75) is 19.9 Å². The molecule has 0 aliphatic carbocycles. The van der Waals surface area contributed by atoms with Gasteiger partial charge in [0.25, 0.3) is 0 Å². The van der Waals surface area contributed by atoms with Gasteiger partial charge in [-0.1, -0.05) is 30.3 Å². The molecule has 1 aromatic carbocycles. The molecule has 4 heteroatoms. The molecule has 1 aromatic heterocycles. The number of anilines is 1. The van der Waals surface area contributed by atoms with Gasteiger partial charge in [0.2, 0.25) is 0 Å². The summed E-state index contributed by atoms with van der Waals surface area (Å²) in [4.78, 5) is 18.2. The lowest BCUT2D eigenvalue weighted by Gasteiger charge is -2.27. The number of fused-ring (bicyclic) bond motifs is 1. The van der Waals surface area contributed by atoms with Gasteiger partial charge in [-0.15, -0.1) is 0 Å². The Morgan fingerprint density at radius 1 is 1.33 bits per heavy atom. The predicted molar refractivity (Wildman–Crippen MR) is 83.7 cm³/mol. The Labute approximate surface area is 124 Å². The Morgan fingerprint density at radius 2 is 2.10 bits per heavy atom. The van der Waals surface area contributed by atoms with Crippen LogP contribution in [-0.2, 0) is 17.8 Å². The molecule has 0 unspecified atom stereocenters. The van der Waals surface area contributed by atoms with Gasteiger partial charge in [-0.05, 0) is 18.6 Å². The number of rotatable bonds is 3. The number of aromatic nitrogens is 1. The Morgan fingerprint density at radius 3 is 2.81 bits per heavy atom. The summed E-state index contributed by atoms with van der Waals surface area (Å²) >= 11 is 0. The molecule has 4 nitrogen and oxygen atoms in total. The molecule has 108 valence electrons. The normalized spacial score (nSPS) is 14.7. The van der Waals surface area contributed by atoms with E-state index in [1.165, 1.54) is 0 Å². The molecule has 2 heterocycles. The molecule has 0 spiro atoms. The number of nitrogen functional groups attached to an aromatic ring is 1. The molecule has 0 radical (unpaired) electrons. The Kier molecular flexibility index (Phi) is 3.71. The van der Waals surface area contributed by atoms with Crippen molar-refractivity contribution >= 4 is 11.5 Å². The highest BCUT2D eigenvalue weighted by atomic mass is 16.1. The maximum Gasteiger partial charge on any atom is 0.143 e. The summed E-state index contributed by atoms with van der Waals surface area (Å²) in [5, 5.41) is 0. The van der Waals surface area contributed by atoms with Crippen LogP contribution in [0.5, 0.6) is 0 Å². The molecule has 0 fully saturated rings. The highest BCUT2D eigenvalue weighted by molar-refractivity contribution is 5.77. The van der Waals surface area contributed by atoms with E-state index in [2.05, 4.69) is 4.90 Å².